The Morgan fingerprint density at radius 1 is 1.44 bits per heavy atom. The number of hydrogen-bond acceptors (Lipinski definition) is 5. The molecule has 3 N–H and O–H groups in total. The largest absolute Gasteiger partial charge is 0.328 e. The third-order valence-electron chi connectivity index (χ3n) is 2.90. The molecule has 98 valence electrons. The zero-order chi connectivity index (χ0) is 13.0. The van der Waals surface area contributed by atoms with E-state index in [1.54, 1.807) is 12.1 Å². The minimum absolute atomic E-state index is 0.0953. The zero-order valence-electron chi connectivity index (χ0n) is 9.97. The van der Waals surface area contributed by atoms with Crippen molar-refractivity contribution in [2.45, 2.75) is 18.9 Å². The number of piperidine rings is 1. The quantitative estimate of drug-likeness (QED) is 0.834. The first kappa shape index (κ1) is 13.2. The number of nitrogens with one attached hydrogen (secondary N) is 1. The third-order valence-corrected chi connectivity index (χ3v) is 3.10. The Labute approximate surface area is 111 Å². The van der Waals surface area contributed by atoms with E-state index in [0.717, 1.165) is 25.9 Å². The van der Waals surface area contributed by atoms with Crippen molar-refractivity contribution in [3.05, 3.63) is 17.3 Å². The highest BCUT2D eigenvalue weighted by atomic mass is 35.5. The smallest absolute Gasteiger partial charge is 0.239 e. The molecule has 0 aromatic carbocycles. The van der Waals surface area contributed by atoms with Gasteiger partial charge in [0.25, 0.3) is 0 Å². The normalized spacial score (nSPS) is 17.7. The van der Waals surface area contributed by atoms with E-state index in [2.05, 4.69) is 20.4 Å². The Morgan fingerprint density at radius 3 is 2.78 bits per heavy atom. The maximum Gasteiger partial charge on any atom is 0.239 e. The number of nitrogens with two attached hydrogens (primary N) is 1. The van der Waals surface area contributed by atoms with Crippen LogP contribution in [-0.2, 0) is 4.79 Å². The van der Waals surface area contributed by atoms with Gasteiger partial charge < -0.3 is 11.1 Å². The van der Waals surface area contributed by atoms with Gasteiger partial charge in [0.15, 0.2) is 11.0 Å². The minimum Gasteiger partial charge on any atom is -0.328 e. The second kappa shape index (κ2) is 6.08. The van der Waals surface area contributed by atoms with Gasteiger partial charge in [-0.15, -0.1) is 10.2 Å². The van der Waals surface area contributed by atoms with Crippen LogP contribution in [0, 0.1) is 0 Å². The van der Waals surface area contributed by atoms with Crippen LogP contribution < -0.4 is 11.1 Å². The first-order chi connectivity index (χ1) is 8.63. The zero-order valence-corrected chi connectivity index (χ0v) is 10.7. The summed E-state index contributed by atoms with van der Waals surface area (Å²) in [6.45, 7) is 2.08. The highest BCUT2D eigenvalue weighted by molar-refractivity contribution is 6.29. The summed E-state index contributed by atoms with van der Waals surface area (Å²) in [4.78, 5) is 13.8. The molecule has 7 heteroatoms. The second-order valence-corrected chi connectivity index (χ2v) is 4.79. The molecule has 0 saturated carbocycles. The fourth-order valence-corrected chi connectivity index (χ4v) is 1.98. The van der Waals surface area contributed by atoms with Crippen molar-refractivity contribution in [3.63, 3.8) is 0 Å². The lowest BCUT2D eigenvalue weighted by Gasteiger charge is -2.29. The van der Waals surface area contributed by atoms with Crippen LogP contribution in [0.5, 0.6) is 0 Å². The van der Waals surface area contributed by atoms with E-state index in [0.29, 0.717) is 17.5 Å². The van der Waals surface area contributed by atoms with Gasteiger partial charge in [-0.25, -0.2) is 0 Å². The van der Waals surface area contributed by atoms with Crippen molar-refractivity contribution < 1.29 is 4.79 Å². The predicted octanol–water partition coefficient (Wildman–Crippen LogP) is 0.492. The summed E-state index contributed by atoms with van der Waals surface area (Å²) in [5, 5.41) is 10.4. The van der Waals surface area contributed by atoms with Crippen LogP contribution in [0.3, 0.4) is 0 Å². The number of likely N-dealkylation sites (tertiary alicyclic amines) is 1. The molecule has 0 spiro atoms. The summed E-state index contributed by atoms with van der Waals surface area (Å²) >= 11 is 5.61. The highest BCUT2D eigenvalue weighted by Crippen LogP contribution is 2.09. The van der Waals surface area contributed by atoms with Gasteiger partial charge in [-0.3, -0.25) is 9.69 Å². The summed E-state index contributed by atoms with van der Waals surface area (Å²) in [6.07, 6.45) is 1.88. The SMILES string of the molecule is NC1CCN(CC(=O)Nc2ccc(Cl)nn2)CC1. The number of nitrogens with zero attached hydrogens (tertiary/aromatic N) is 3. The van der Waals surface area contributed by atoms with Gasteiger partial charge in [0.05, 0.1) is 6.54 Å². The van der Waals surface area contributed by atoms with Gasteiger partial charge in [-0.05, 0) is 25.0 Å². The summed E-state index contributed by atoms with van der Waals surface area (Å²) < 4.78 is 0. The lowest BCUT2D eigenvalue weighted by atomic mass is 10.1. The Balaban J connectivity index is 1.80. The summed E-state index contributed by atoms with van der Waals surface area (Å²) in [7, 11) is 0. The van der Waals surface area contributed by atoms with Gasteiger partial charge in [0.2, 0.25) is 5.91 Å². The number of carbonyl (C=O) groups is 1. The van der Waals surface area contributed by atoms with Gasteiger partial charge in [-0.1, -0.05) is 11.6 Å². The van der Waals surface area contributed by atoms with Crippen molar-refractivity contribution >= 4 is 23.3 Å². The molecule has 1 fully saturated rings. The van der Waals surface area contributed by atoms with Crippen LogP contribution in [0.15, 0.2) is 12.1 Å². The fourth-order valence-electron chi connectivity index (χ4n) is 1.88. The molecule has 0 unspecified atom stereocenters. The topological polar surface area (TPSA) is 84.1 Å². The van der Waals surface area contributed by atoms with Crippen molar-refractivity contribution in [3.8, 4) is 0 Å². The number of hydrogen-bond donors (Lipinski definition) is 2. The molecule has 2 heterocycles. The van der Waals surface area contributed by atoms with Crippen LogP contribution >= 0.6 is 11.6 Å². The number of anilines is 1. The molecule has 0 aliphatic carbocycles. The highest BCUT2D eigenvalue weighted by Gasteiger charge is 2.18. The molecule has 0 bridgehead atoms. The molecule has 1 saturated heterocycles. The Morgan fingerprint density at radius 2 is 2.17 bits per heavy atom. The molecule has 0 atom stereocenters. The van der Waals surface area contributed by atoms with Gasteiger partial charge in [0, 0.05) is 19.1 Å². The molecule has 1 aliphatic rings. The average molecular weight is 270 g/mol. The number of rotatable bonds is 3. The first-order valence-corrected chi connectivity index (χ1v) is 6.28. The monoisotopic (exact) mass is 269 g/mol. The summed E-state index contributed by atoms with van der Waals surface area (Å²) in [5.41, 5.74) is 5.81. The van der Waals surface area contributed by atoms with Crippen LogP contribution in [0.1, 0.15) is 12.8 Å². The van der Waals surface area contributed by atoms with E-state index in [-0.39, 0.29) is 11.9 Å². The number of aromatic nitrogens is 2. The van der Waals surface area contributed by atoms with Crippen LogP contribution in [0.2, 0.25) is 5.15 Å². The van der Waals surface area contributed by atoms with Crippen molar-refractivity contribution in [2.24, 2.45) is 5.73 Å². The van der Waals surface area contributed by atoms with Crippen molar-refractivity contribution in [1.29, 1.82) is 0 Å². The maximum absolute atomic E-state index is 11.8. The van der Waals surface area contributed by atoms with E-state index in [1.165, 1.54) is 0 Å². The van der Waals surface area contributed by atoms with E-state index in [1.807, 2.05) is 0 Å². The van der Waals surface area contributed by atoms with Crippen LogP contribution in [-0.4, -0.2) is 46.7 Å². The van der Waals surface area contributed by atoms with Crippen LogP contribution in [0.25, 0.3) is 0 Å². The molecule has 1 aromatic rings. The molecule has 1 aliphatic heterocycles. The lowest BCUT2D eigenvalue weighted by Crippen LogP contribution is -2.43. The number of amides is 1. The average Bonchev–Trinajstić information content (AvgIpc) is 2.35. The van der Waals surface area contributed by atoms with E-state index in [4.69, 9.17) is 17.3 Å². The molecule has 0 radical (unpaired) electrons. The van der Waals surface area contributed by atoms with Crippen molar-refractivity contribution in [2.75, 3.05) is 25.0 Å². The van der Waals surface area contributed by atoms with Crippen LogP contribution in [0.4, 0.5) is 5.82 Å². The van der Waals surface area contributed by atoms with Gasteiger partial charge in [-0.2, -0.15) is 0 Å². The maximum atomic E-state index is 11.8. The molecular formula is C11H16ClN5O. The van der Waals surface area contributed by atoms with E-state index >= 15 is 0 Å². The predicted molar refractivity (Wildman–Crippen MR) is 69.3 cm³/mol. The van der Waals surface area contributed by atoms with E-state index in [9.17, 15) is 4.79 Å². The lowest BCUT2D eigenvalue weighted by molar-refractivity contribution is -0.117. The molecule has 18 heavy (non-hydrogen) atoms. The number of halogens is 1. The minimum atomic E-state index is -0.0953. The van der Waals surface area contributed by atoms with Crippen molar-refractivity contribution in [1.82, 2.24) is 15.1 Å². The summed E-state index contributed by atoms with van der Waals surface area (Å²) in [6, 6.07) is 3.48. The molecular weight excluding hydrogens is 254 g/mol. The Bertz CT molecular complexity index is 402. The second-order valence-electron chi connectivity index (χ2n) is 4.40. The molecule has 1 aromatic heterocycles. The third kappa shape index (κ3) is 3.90. The molecule has 6 nitrogen and oxygen atoms in total. The first-order valence-electron chi connectivity index (χ1n) is 5.90. The Kier molecular flexibility index (Phi) is 4.46. The fraction of sp³-hybridized carbons (Fsp3) is 0.545. The molecule has 1 amide bonds. The molecule has 2 rings (SSSR count). The summed E-state index contributed by atoms with van der Waals surface area (Å²) in [5.74, 6) is 0.320. The van der Waals surface area contributed by atoms with E-state index < -0.39 is 0 Å². The standard InChI is InChI=1S/C11H16ClN5O/c12-9-1-2-10(16-15-9)14-11(18)7-17-5-3-8(13)4-6-17/h1-2,8H,3-7,13H2,(H,14,16,18). The number of carbonyl (C=O) groups excluding carboxylic acids is 1. The van der Waals surface area contributed by atoms with Gasteiger partial charge >= 0.3 is 0 Å². The Hall–Kier alpha value is -1.24. The van der Waals surface area contributed by atoms with Gasteiger partial charge in [0.1, 0.15) is 0 Å².